The number of nitrogens with zero attached hydrogens (tertiary/aromatic N) is 1. The van der Waals surface area contributed by atoms with Crippen LogP contribution in [0.1, 0.15) is 59.8 Å². The number of carbonyl (C=O) groups is 1. The third kappa shape index (κ3) is 1.86. The molecule has 2 fully saturated rings. The van der Waals surface area contributed by atoms with E-state index in [0.717, 1.165) is 17.9 Å². The molecule has 19 heavy (non-hydrogen) atoms. The minimum atomic E-state index is 0.343. The molecule has 2 bridgehead atoms. The number of fused-ring (bicyclic) bond motifs is 1. The number of likely N-dealkylation sites (tertiary alicyclic amines) is 1. The lowest BCUT2D eigenvalue weighted by Crippen LogP contribution is -2.54. The monoisotopic (exact) mass is 261 g/mol. The van der Waals surface area contributed by atoms with Crippen LogP contribution in [0.2, 0.25) is 0 Å². The first kappa shape index (κ1) is 13.2. The second kappa shape index (κ2) is 4.36. The Kier molecular flexibility index (Phi) is 3.03. The zero-order valence-corrected chi connectivity index (χ0v) is 12.8. The Hall–Kier alpha value is -0.790. The molecule has 4 rings (SSSR count). The van der Waals surface area contributed by atoms with Gasteiger partial charge in [-0.15, -0.1) is 0 Å². The third-order valence-corrected chi connectivity index (χ3v) is 6.14. The fraction of sp³-hybridized carbons (Fsp3) is 0.824. The molecule has 0 N–H and O–H groups in total. The summed E-state index contributed by atoms with van der Waals surface area (Å²) in [4.78, 5) is 15.1. The normalized spacial score (nSPS) is 40.4. The number of amides is 1. The van der Waals surface area contributed by atoms with E-state index in [1.807, 2.05) is 0 Å². The number of carbonyl (C=O) groups excluding carboxylic acids is 1. The second-order valence-electron chi connectivity index (χ2n) is 7.54. The highest BCUT2D eigenvalue weighted by molar-refractivity contribution is 5.95. The summed E-state index contributed by atoms with van der Waals surface area (Å²) < 4.78 is 0. The van der Waals surface area contributed by atoms with E-state index >= 15 is 0 Å². The lowest BCUT2D eigenvalue weighted by Gasteiger charge is -2.56. The SMILES string of the molecule is CC1CCCC(C)N1C(=O)C1=CC[C@H]2C[C@@H]1C2(C)C. The van der Waals surface area contributed by atoms with Gasteiger partial charge in [0.05, 0.1) is 0 Å². The quantitative estimate of drug-likeness (QED) is 0.703. The van der Waals surface area contributed by atoms with Crippen molar-refractivity contribution in [1.82, 2.24) is 4.90 Å². The van der Waals surface area contributed by atoms with Gasteiger partial charge in [0.15, 0.2) is 0 Å². The van der Waals surface area contributed by atoms with Gasteiger partial charge in [-0.05, 0) is 63.2 Å². The number of rotatable bonds is 1. The van der Waals surface area contributed by atoms with E-state index in [9.17, 15) is 4.79 Å². The molecule has 0 aromatic carbocycles. The van der Waals surface area contributed by atoms with E-state index in [2.05, 4.69) is 38.7 Å². The maximum Gasteiger partial charge on any atom is 0.250 e. The largest absolute Gasteiger partial charge is 0.334 e. The Morgan fingerprint density at radius 2 is 1.89 bits per heavy atom. The summed E-state index contributed by atoms with van der Waals surface area (Å²) in [5.41, 5.74) is 1.48. The maximum absolute atomic E-state index is 13.0. The molecular weight excluding hydrogens is 234 g/mol. The number of hydrogen-bond acceptors (Lipinski definition) is 1. The summed E-state index contributed by atoms with van der Waals surface area (Å²) in [6, 6.07) is 0.830. The zero-order chi connectivity index (χ0) is 13.8. The van der Waals surface area contributed by atoms with Crippen molar-refractivity contribution in [2.45, 2.75) is 71.9 Å². The van der Waals surface area contributed by atoms with E-state index < -0.39 is 0 Å². The lowest BCUT2D eigenvalue weighted by molar-refractivity contribution is -0.136. The minimum Gasteiger partial charge on any atom is -0.334 e. The summed E-state index contributed by atoms with van der Waals surface area (Å²) in [5.74, 6) is 1.67. The van der Waals surface area contributed by atoms with Crippen molar-refractivity contribution in [3.63, 3.8) is 0 Å². The third-order valence-electron chi connectivity index (χ3n) is 6.14. The van der Waals surface area contributed by atoms with Crippen LogP contribution in [0.4, 0.5) is 0 Å². The molecule has 0 spiro atoms. The maximum atomic E-state index is 13.0. The van der Waals surface area contributed by atoms with Crippen LogP contribution in [0.25, 0.3) is 0 Å². The van der Waals surface area contributed by atoms with Crippen molar-refractivity contribution in [2.75, 3.05) is 0 Å². The van der Waals surface area contributed by atoms with Gasteiger partial charge in [0.1, 0.15) is 0 Å². The molecule has 1 saturated carbocycles. The first-order valence-electron chi connectivity index (χ1n) is 7.95. The second-order valence-corrected chi connectivity index (χ2v) is 7.54. The summed E-state index contributed by atoms with van der Waals surface area (Å²) in [6.45, 7) is 9.11. The average molecular weight is 261 g/mol. The van der Waals surface area contributed by atoms with Crippen LogP contribution in [-0.2, 0) is 4.79 Å². The molecule has 0 aromatic heterocycles. The molecule has 106 valence electrons. The molecule has 1 saturated heterocycles. The first-order valence-corrected chi connectivity index (χ1v) is 7.95. The van der Waals surface area contributed by atoms with Gasteiger partial charge in [-0.1, -0.05) is 19.9 Å². The van der Waals surface area contributed by atoms with Crippen molar-refractivity contribution in [3.05, 3.63) is 11.6 Å². The molecule has 2 unspecified atom stereocenters. The average Bonchev–Trinajstić information content (AvgIpc) is 2.38. The van der Waals surface area contributed by atoms with Crippen molar-refractivity contribution in [1.29, 1.82) is 0 Å². The highest BCUT2D eigenvalue weighted by Crippen LogP contribution is 2.59. The summed E-state index contributed by atoms with van der Waals surface area (Å²) in [5, 5.41) is 0. The van der Waals surface area contributed by atoms with Gasteiger partial charge in [0.25, 0.3) is 0 Å². The van der Waals surface area contributed by atoms with Crippen LogP contribution < -0.4 is 0 Å². The van der Waals surface area contributed by atoms with Crippen LogP contribution in [0.15, 0.2) is 11.6 Å². The predicted molar refractivity (Wildman–Crippen MR) is 77.7 cm³/mol. The Morgan fingerprint density at radius 1 is 1.26 bits per heavy atom. The topological polar surface area (TPSA) is 20.3 Å². The number of hydrogen-bond donors (Lipinski definition) is 0. The van der Waals surface area contributed by atoms with Crippen LogP contribution in [0.5, 0.6) is 0 Å². The summed E-state index contributed by atoms with van der Waals surface area (Å²) in [6.07, 6.45) is 8.20. The molecule has 4 aliphatic rings. The Balaban J connectivity index is 1.82. The molecule has 1 amide bonds. The first-order chi connectivity index (χ1) is 8.93. The summed E-state index contributed by atoms with van der Waals surface area (Å²) in [7, 11) is 0. The van der Waals surface area contributed by atoms with Crippen LogP contribution in [0.3, 0.4) is 0 Å². The van der Waals surface area contributed by atoms with E-state index in [1.165, 1.54) is 25.7 Å². The van der Waals surface area contributed by atoms with Gasteiger partial charge in [0.2, 0.25) is 5.91 Å². The molecule has 1 heterocycles. The van der Waals surface area contributed by atoms with Gasteiger partial charge in [0, 0.05) is 17.7 Å². The van der Waals surface area contributed by atoms with Gasteiger partial charge < -0.3 is 4.90 Å². The Bertz CT molecular complexity index is 413. The Labute approximate surface area is 117 Å². The highest BCUT2D eigenvalue weighted by Gasteiger charge is 2.53. The van der Waals surface area contributed by atoms with E-state index in [1.54, 1.807) is 0 Å². The predicted octanol–water partition coefficient (Wildman–Crippen LogP) is 3.77. The zero-order valence-electron chi connectivity index (χ0n) is 12.8. The minimum absolute atomic E-state index is 0.343. The van der Waals surface area contributed by atoms with Gasteiger partial charge in [-0.3, -0.25) is 4.79 Å². The van der Waals surface area contributed by atoms with E-state index in [4.69, 9.17) is 0 Å². The van der Waals surface area contributed by atoms with Crippen molar-refractivity contribution >= 4 is 5.91 Å². The number of piperidine rings is 1. The van der Waals surface area contributed by atoms with Crippen molar-refractivity contribution < 1.29 is 4.79 Å². The van der Waals surface area contributed by atoms with Crippen molar-refractivity contribution in [2.24, 2.45) is 17.3 Å². The van der Waals surface area contributed by atoms with E-state index in [-0.39, 0.29) is 0 Å². The molecule has 0 aromatic rings. The highest BCUT2D eigenvalue weighted by atomic mass is 16.2. The Morgan fingerprint density at radius 3 is 2.42 bits per heavy atom. The number of allylic oxidation sites excluding steroid dienone is 1. The molecule has 2 heteroatoms. The molecule has 1 aliphatic heterocycles. The van der Waals surface area contributed by atoms with E-state index in [0.29, 0.717) is 29.3 Å². The van der Waals surface area contributed by atoms with Gasteiger partial charge in [-0.25, -0.2) is 0 Å². The van der Waals surface area contributed by atoms with Crippen LogP contribution in [0, 0.1) is 17.3 Å². The van der Waals surface area contributed by atoms with Gasteiger partial charge >= 0.3 is 0 Å². The fourth-order valence-electron chi connectivity index (χ4n) is 4.56. The molecule has 3 aliphatic carbocycles. The fourth-order valence-corrected chi connectivity index (χ4v) is 4.56. The molecule has 4 atom stereocenters. The van der Waals surface area contributed by atoms with Crippen LogP contribution in [-0.4, -0.2) is 22.9 Å². The van der Waals surface area contributed by atoms with Crippen molar-refractivity contribution in [3.8, 4) is 0 Å². The molecule has 0 radical (unpaired) electrons. The summed E-state index contributed by atoms with van der Waals surface area (Å²) >= 11 is 0. The lowest BCUT2D eigenvalue weighted by atomic mass is 9.48. The standard InChI is InChI=1S/C17H27NO/c1-11-6-5-7-12(2)18(11)16(19)14-9-8-13-10-15(14)17(13,3)4/h9,11-13,15H,5-8,10H2,1-4H3/t11?,12?,13-,15-/m0/s1. The molecule has 2 nitrogen and oxygen atoms in total. The van der Waals surface area contributed by atoms with Crippen LogP contribution >= 0.6 is 0 Å². The smallest absolute Gasteiger partial charge is 0.250 e. The van der Waals surface area contributed by atoms with Gasteiger partial charge in [-0.2, -0.15) is 0 Å². The molecular formula is C17H27NO.